The van der Waals surface area contributed by atoms with E-state index in [-0.39, 0.29) is 11.7 Å². The first kappa shape index (κ1) is 10.4. The Bertz CT molecular complexity index is 587. The molecule has 0 amide bonds. The van der Waals surface area contributed by atoms with Gasteiger partial charge in [-0.1, -0.05) is 26.0 Å². The highest BCUT2D eigenvalue weighted by Crippen LogP contribution is 2.23. The van der Waals surface area contributed by atoms with Gasteiger partial charge in [-0.2, -0.15) is 5.26 Å². The third-order valence-corrected chi connectivity index (χ3v) is 2.63. The van der Waals surface area contributed by atoms with Gasteiger partial charge in [-0.3, -0.25) is 4.79 Å². The van der Waals surface area contributed by atoms with Gasteiger partial charge >= 0.3 is 0 Å². The van der Waals surface area contributed by atoms with Gasteiger partial charge in [0.05, 0.1) is 11.1 Å². The lowest BCUT2D eigenvalue weighted by molar-refractivity contribution is 0.0941. The summed E-state index contributed by atoms with van der Waals surface area (Å²) in [4.78, 5) is 14.9. The van der Waals surface area contributed by atoms with Crippen molar-refractivity contribution < 1.29 is 4.79 Å². The minimum atomic E-state index is -0.0373. The molecular formula is C13H12N2O. The number of hydrogen-bond donors (Lipinski definition) is 1. The fraction of sp³-hybridized carbons (Fsp3) is 0.231. The number of ketones is 1. The number of hydrogen-bond acceptors (Lipinski definition) is 2. The van der Waals surface area contributed by atoms with Gasteiger partial charge in [-0.15, -0.1) is 0 Å². The highest BCUT2D eigenvalue weighted by atomic mass is 16.1. The van der Waals surface area contributed by atoms with E-state index in [9.17, 15) is 4.79 Å². The van der Waals surface area contributed by atoms with E-state index in [0.717, 1.165) is 10.9 Å². The molecule has 0 aliphatic carbocycles. The van der Waals surface area contributed by atoms with E-state index in [1.165, 1.54) is 0 Å². The molecule has 1 aromatic carbocycles. The zero-order valence-electron chi connectivity index (χ0n) is 9.24. The van der Waals surface area contributed by atoms with E-state index >= 15 is 0 Å². The van der Waals surface area contributed by atoms with E-state index < -0.39 is 0 Å². The molecule has 0 saturated heterocycles. The molecule has 16 heavy (non-hydrogen) atoms. The van der Waals surface area contributed by atoms with Gasteiger partial charge < -0.3 is 4.98 Å². The number of carbonyl (C=O) groups is 1. The number of fused-ring (bicyclic) bond motifs is 1. The molecule has 80 valence electrons. The molecule has 1 heterocycles. The maximum absolute atomic E-state index is 11.9. The van der Waals surface area contributed by atoms with Crippen molar-refractivity contribution in [3.05, 3.63) is 35.5 Å². The second-order valence-electron chi connectivity index (χ2n) is 4.06. The maximum atomic E-state index is 11.9. The summed E-state index contributed by atoms with van der Waals surface area (Å²) in [5.41, 5.74) is 1.98. The van der Waals surface area contributed by atoms with E-state index in [1.54, 1.807) is 18.3 Å². The van der Waals surface area contributed by atoms with Gasteiger partial charge in [0.2, 0.25) is 0 Å². The molecule has 0 saturated carbocycles. The Morgan fingerprint density at radius 1 is 1.44 bits per heavy atom. The summed E-state index contributed by atoms with van der Waals surface area (Å²) in [5, 5.41) is 9.77. The number of carbonyl (C=O) groups excluding carboxylic acids is 1. The van der Waals surface area contributed by atoms with Crippen LogP contribution in [0.15, 0.2) is 24.4 Å². The Hall–Kier alpha value is -2.08. The van der Waals surface area contributed by atoms with E-state index in [4.69, 9.17) is 5.26 Å². The minimum absolute atomic E-state index is 0.0373. The summed E-state index contributed by atoms with van der Waals surface area (Å²) in [7, 11) is 0. The molecule has 1 aromatic heterocycles. The molecule has 0 aliphatic rings. The van der Waals surface area contributed by atoms with Crippen LogP contribution in [0.2, 0.25) is 0 Å². The number of rotatable bonds is 2. The van der Waals surface area contributed by atoms with Crippen molar-refractivity contribution in [3.8, 4) is 6.07 Å². The zero-order chi connectivity index (χ0) is 11.7. The van der Waals surface area contributed by atoms with Gasteiger partial charge in [0.15, 0.2) is 5.78 Å². The van der Waals surface area contributed by atoms with Crippen molar-refractivity contribution in [3.63, 3.8) is 0 Å². The molecule has 1 N–H and O–H groups in total. The van der Waals surface area contributed by atoms with Gasteiger partial charge in [0.25, 0.3) is 0 Å². The molecule has 2 aromatic rings. The van der Waals surface area contributed by atoms with Crippen LogP contribution in [-0.2, 0) is 0 Å². The summed E-state index contributed by atoms with van der Waals surface area (Å²) in [5.74, 6) is 0.0612. The van der Waals surface area contributed by atoms with Gasteiger partial charge in [0.1, 0.15) is 6.07 Å². The zero-order valence-corrected chi connectivity index (χ0v) is 9.24. The minimum Gasteiger partial charge on any atom is -0.359 e. The van der Waals surface area contributed by atoms with Gasteiger partial charge in [-0.25, -0.2) is 0 Å². The topological polar surface area (TPSA) is 56.6 Å². The monoisotopic (exact) mass is 212 g/mol. The number of nitrogens with one attached hydrogen (secondary N) is 1. The first-order valence-electron chi connectivity index (χ1n) is 5.19. The molecule has 3 heteroatoms. The molecule has 0 fully saturated rings. The van der Waals surface area contributed by atoms with Crippen LogP contribution in [0.3, 0.4) is 0 Å². The molecule has 2 rings (SSSR count). The summed E-state index contributed by atoms with van der Waals surface area (Å²) in [6.45, 7) is 3.74. The second-order valence-corrected chi connectivity index (χ2v) is 4.06. The quantitative estimate of drug-likeness (QED) is 0.778. The Balaban J connectivity index is 2.68. The molecule has 0 atom stereocenters. The summed E-state index contributed by atoms with van der Waals surface area (Å²) >= 11 is 0. The third kappa shape index (κ3) is 1.49. The lowest BCUT2D eigenvalue weighted by atomic mass is 10.00. The van der Waals surface area contributed by atoms with Crippen molar-refractivity contribution in [2.24, 2.45) is 5.92 Å². The Morgan fingerprint density at radius 3 is 2.81 bits per heavy atom. The van der Waals surface area contributed by atoms with E-state index in [0.29, 0.717) is 11.1 Å². The summed E-state index contributed by atoms with van der Waals surface area (Å²) in [6, 6.07) is 7.51. The molecule has 0 spiro atoms. The van der Waals surface area contributed by atoms with Crippen LogP contribution in [0.1, 0.15) is 29.8 Å². The predicted molar refractivity (Wildman–Crippen MR) is 62.2 cm³/mol. The van der Waals surface area contributed by atoms with Crippen LogP contribution in [0, 0.1) is 17.2 Å². The molecule has 0 aliphatic heterocycles. The van der Waals surface area contributed by atoms with Crippen LogP contribution in [0.25, 0.3) is 10.9 Å². The van der Waals surface area contributed by atoms with Crippen LogP contribution in [0.4, 0.5) is 0 Å². The lowest BCUT2D eigenvalue weighted by Crippen LogP contribution is -2.06. The van der Waals surface area contributed by atoms with Crippen molar-refractivity contribution in [1.82, 2.24) is 4.98 Å². The number of aromatic amines is 1. The Kier molecular flexibility index (Phi) is 2.49. The normalized spacial score (nSPS) is 10.6. The number of aromatic nitrogens is 1. The molecule has 3 nitrogen and oxygen atoms in total. The summed E-state index contributed by atoms with van der Waals surface area (Å²) < 4.78 is 0. The standard InChI is InChI=1S/C13H12N2O/c1-8(2)13(16)11-7-15-12-9(6-14)4-3-5-10(11)12/h3-5,7-8,15H,1-2H3. The lowest BCUT2D eigenvalue weighted by Gasteiger charge is -2.01. The first-order valence-corrected chi connectivity index (χ1v) is 5.19. The molecule has 0 radical (unpaired) electrons. The van der Waals surface area contributed by atoms with E-state index in [2.05, 4.69) is 11.1 Å². The Labute approximate surface area is 93.7 Å². The number of H-pyrrole nitrogens is 1. The first-order chi connectivity index (χ1) is 7.65. The number of Topliss-reactive ketones (excluding diaryl/α,β-unsaturated/α-hetero) is 1. The molecular weight excluding hydrogens is 200 g/mol. The number of para-hydroxylation sites is 1. The van der Waals surface area contributed by atoms with Crippen molar-refractivity contribution in [1.29, 1.82) is 5.26 Å². The van der Waals surface area contributed by atoms with Crippen LogP contribution < -0.4 is 0 Å². The fourth-order valence-corrected chi connectivity index (χ4v) is 1.76. The molecule has 0 bridgehead atoms. The van der Waals surface area contributed by atoms with Gasteiger partial charge in [-0.05, 0) is 6.07 Å². The van der Waals surface area contributed by atoms with E-state index in [1.807, 2.05) is 19.9 Å². The van der Waals surface area contributed by atoms with Crippen LogP contribution in [-0.4, -0.2) is 10.8 Å². The fourth-order valence-electron chi connectivity index (χ4n) is 1.76. The average Bonchev–Trinajstić information content (AvgIpc) is 2.71. The molecule has 0 unspecified atom stereocenters. The second kappa shape index (κ2) is 3.82. The van der Waals surface area contributed by atoms with Crippen molar-refractivity contribution in [2.45, 2.75) is 13.8 Å². The highest BCUT2D eigenvalue weighted by molar-refractivity contribution is 6.09. The third-order valence-electron chi connectivity index (χ3n) is 2.63. The predicted octanol–water partition coefficient (Wildman–Crippen LogP) is 2.88. The van der Waals surface area contributed by atoms with Crippen molar-refractivity contribution >= 4 is 16.7 Å². The largest absolute Gasteiger partial charge is 0.359 e. The highest BCUT2D eigenvalue weighted by Gasteiger charge is 2.16. The maximum Gasteiger partial charge on any atom is 0.167 e. The Morgan fingerprint density at radius 2 is 2.19 bits per heavy atom. The van der Waals surface area contributed by atoms with Crippen LogP contribution >= 0.6 is 0 Å². The summed E-state index contributed by atoms with van der Waals surface area (Å²) in [6.07, 6.45) is 1.69. The van der Waals surface area contributed by atoms with Crippen LogP contribution in [0.5, 0.6) is 0 Å². The number of benzene rings is 1. The SMILES string of the molecule is CC(C)C(=O)c1c[nH]c2c(C#N)cccc12. The smallest absolute Gasteiger partial charge is 0.167 e. The van der Waals surface area contributed by atoms with Gasteiger partial charge in [0, 0.05) is 23.1 Å². The number of nitriles is 1. The average molecular weight is 212 g/mol. The van der Waals surface area contributed by atoms with Crippen molar-refractivity contribution in [2.75, 3.05) is 0 Å². The number of nitrogens with zero attached hydrogens (tertiary/aromatic N) is 1.